The first-order valence-electron chi connectivity index (χ1n) is 9.01. The number of nitrogens with one attached hydrogen (secondary N) is 1. The van der Waals surface area contributed by atoms with Gasteiger partial charge >= 0.3 is 0 Å². The van der Waals surface area contributed by atoms with Gasteiger partial charge in [-0.2, -0.15) is 0 Å². The summed E-state index contributed by atoms with van der Waals surface area (Å²) in [5, 5.41) is 3.13. The zero-order valence-electron chi connectivity index (χ0n) is 14.8. The van der Waals surface area contributed by atoms with Crippen LogP contribution < -0.4 is 11.1 Å². The minimum atomic E-state index is -0.495. The van der Waals surface area contributed by atoms with Crippen molar-refractivity contribution < 1.29 is 9.53 Å². The fourth-order valence-electron chi connectivity index (χ4n) is 4.12. The predicted molar refractivity (Wildman–Crippen MR) is 94.8 cm³/mol. The van der Waals surface area contributed by atoms with Gasteiger partial charge in [0.1, 0.15) is 5.54 Å². The van der Waals surface area contributed by atoms with E-state index in [0.717, 1.165) is 32.4 Å². The number of ether oxygens (including phenoxy) is 1. The van der Waals surface area contributed by atoms with Crippen LogP contribution in [0.1, 0.15) is 31.4 Å². The molecule has 1 aliphatic heterocycles. The Labute approximate surface area is 144 Å². The molecule has 2 atom stereocenters. The minimum absolute atomic E-state index is 0.133. The zero-order valence-corrected chi connectivity index (χ0v) is 14.8. The van der Waals surface area contributed by atoms with Crippen molar-refractivity contribution in [1.29, 1.82) is 0 Å². The van der Waals surface area contributed by atoms with E-state index < -0.39 is 5.54 Å². The number of hydrogen-bond donors (Lipinski definition) is 2. The van der Waals surface area contributed by atoms with E-state index in [-0.39, 0.29) is 18.1 Å². The van der Waals surface area contributed by atoms with E-state index in [1.165, 1.54) is 11.1 Å². The van der Waals surface area contributed by atoms with E-state index in [4.69, 9.17) is 10.5 Å². The highest BCUT2D eigenvalue weighted by Gasteiger charge is 2.49. The van der Waals surface area contributed by atoms with E-state index in [1.807, 2.05) is 0 Å². The van der Waals surface area contributed by atoms with Gasteiger partial charge in [-0.3, -0.25) is 9.69 Å². The highest BCUT2D eigenvalue weighted by Crippen LogP contribution is 2.36. The van der Waals surface area contributed by atoms with Crippen molar-refractivity contribution in [3.05, 3.63) is 35.4 Å². The number of benzene rings is 1. The van der Waals surface area contributed by atoms with Crippen LogP contribution in [0.5, 0.6) is 0 Å². The second-order valence-corrected chi connectivity index (χ2v) is 7.21. The molecule has 1 aliphatic carbocycles. The fourth-order valence-corrected chi connectivity index (χ4v) is 4.12. The smallest absolute Gasteiger partial charge is 0.241 e. The number of rotatable bonds is 5. The van der Waals surface area contributed by atoms with Crippen LogP contribution in [-0.2, 0) is 22.4 Å². The average molecular weight is 331 g/mol. The third-order valence-corrected chi connectivity index (χ3v) is 5.20. The molecule has 3 rings (SSSR count). The van der Waals surface area contributed by atoms with Crippen molar-refractivity contribution in [3.8, 4) is 0 Å². The highest BCUT2D eigenvalue weighted by atomic mass is 16.5. The molecule has 0 bridgehead atoms. The Morgan fingerprint density at radius 2 is 1.83 bits per heavy atom. The molecule has 1 aromatic carbocycles. The number of nitrogens with two attached hydrogens (primary N) is 1. The Hall–Kier alpha value is -1.43. The molecule has 2 aliphatic rings. The van der Waals surface area contributed by atoms with Gasteiger partial charge in [0.25, 0.3) is 0 Å². The molecular weight excluding hydrogens is 302 g/mol. The summed E-state index contributed by atoms with van der Waals surface area (Å²) in [5.41, 5.74) is 7.66. The third kappa shape index (κ3) is 3.34. The summed E-state index contributed by atoms with van der Waals surface area (Å²) < 4.78 is 5.89. The highest BCUT2D eigenvalue weighted by molar-refractivity contribution is 5.88. The lowest BCUT2D eigenvalue weighted by molar-refractivity contribution is -0.144. The molecule has 0 spiro atoms. The van der Waals surface area contributed by atoms with Gasteiger partial charge in [0.2, 0.25) is 5.91 Å². The summed E-state index contributed by atoms with van der Waals surface area (Å²) in [6.07, 6.45) is 2.65. The van der Waals surface area contributed by atoms with Crippen molar-refractivity contribution in [3.63, 3.8) is 0 Å². The van der Waals surface area contributed by atoms with Gasteiger partial charge in [-0.25, -0.2) is 0 Å². The Morgan fingerprint density at radius 1 is 1.25 bits per heavy atom. The van der Waals surface area contributed by atoms with E-state index >= 15 is 0 Å². The predicted octanol–water partition coefficient (Wildman–Crippen LogP) is 1.10. The third-order valence-electron chi connectivity index (χ3n) is 5.20. The topological polar surface area (TPSA) is 67.6 Å². The van der Waals surface area contributed by atoms with Gasteiger partial charge in [-0.15, -0.1) is 0 Å². The molecule has 1 aromatic rings. The summed E-state index contributed by atoms with van der Waals surface area (Å²) in [7, 11) is 0. The molecule has 0 unspecified atom stereocenters. The second-order valence-electron chi connectivity index (χ2n) is 7.21. The molecule has 0 radical (unpaired) electrons. The molecule has 1 saturated heterocycles. The molecule has 3 N–H and O–H groups in total. The molecule has 5 heteroatoms. The summed E-state index contributed by atoms with van der Waals surface area (Å²) in [5.74, 6) is 0.133. The molecular formula is C19H29N3O2. The molecule has 5 nitrogen and oxygen atoms in total. The fraction of sp³-hybridized carbons (Fsp3) is 0.632. The van der Waals surface area contributed by atoms with Gasteiger partial charge in [0.15, 0.2) is 0 Å². The number of nitrogens with zero attached hydrogens (tertiary/aromatic N) is 1. The first kappa shape index (κ1) is 17.4. The number of hydrogen-bond acceptors (Lipinski definition) is 4. The number of carbonyl (C=O) groups excluding carboxylic acids is 1. The van der Waals surface area contributed by atoms with Crippen molar-refractivity contribution in [2.24, 2.45) is 5.73 Å². The van der Waals surface area contributed by atoms with E-state index in [9.17, 15) is 4.79 Å². The maximum absolute atomic E-state index is 13.2. The monoisotopic (exact) mass is 331 g/mol. The summed E-state index contributed by atoms with van der Waals surface area (Å²) in [6.45, 7) is 7.00. The van der Waals surface area contributed by atoms with E-state index in [2.05, 4.69) is 48.3 Å². The maximum atomic E-state index is 13.2. The molecule has 1 fully saturated rings. The average Bonchev–Trinajstić information content (AvgIpc) is 2.95. The number of amides is 1. The van der Waals surface area contributed by atoms with E-state index in [0.29, 0.717) is 13.1 Å². The largest absolute Gasteiger partial charge is 0.373 e. The number of fused-ring (bicyclic) bond motifs is 1. The molecule has 24 heavy (non-hydrogen) atoms. The minimum Gasteiger partial charge on any atom is -0.373 e. The summed E-state index contributed by atoms with van der Waals surface area (Å²) in [6, 6.07) is 8.42. The van der Waals surface area contributed by atoms with Crippen LogP contribution in [0.3, 0.4) is 0 Å². The second kappa shape index (κ2) is 7.21. The van der Waals surface area contributed by atoms with Gasteiger partial charge in [-0.1, -0.05) is 24.3 Å². The first-order valence-corrected chi connectivity index (χ1v) is 9.01. The lowest BCUT2D eigenvalue weighted by Crippen LogP contribution is -2.64. The van der Waals surface area contributed by atoms with Crippen molar-refractivity contribution in [1.82, 2.24) is 10.2 Å². The van der Waals surface area contributed by atoms with Crippen LogP contribution in [-0.4, -0.2) is 54.7 Å². The normalized spacial score (nSPS) is 26.1. The van der Waals surface area contributed by atoms with E-state index in [1.54, 1.807) is 0 Å². The van der Waals surface area contributed by atoms with Crippen molar-refractivity contribution >= 4 is 5.91 Å². The number of carbonyl (C=O) groups is 1. The van der Waals surface area contributed by atoms with Gasteiger partial charge in [0.05, 0.1) is 12.2 Å². The van der Waals surface area contributed by atoms with Crippen molar-refractivity contribution in [2.45, 2.75) is 50.9 Å². The number of morpholine rings is 1. The molecule has 1 heterocycles. The Morgan fingerprint density at radius 3 is 2.38 bits per heavy atom. The lowest BCUT2D eigenvalue weighted by Gasteiger charge is -2.45. The lowest BCUT2D eigenvalue weighted by atomic mass is 9.90. The van der Waals surface area contributed by atoms with Gasteiger partial charge in [0, 0.05) is 32.5 Å². The Bertz CT molecular complexity index is 555. The maximum Gasteiger partial charge on any atom is 0.241 e. The summed E-state index contributed by atoms with van der Waals surface area (Å²) >= 11 is 0. The zero-order chi connectivity index (χ0) is 17.2. The van der Waals surface area contributed by atoms with Crippen LogP contribution in [0.2, 0.25) is 0 Å². The van der Waals surface area contributed by atoms with Crippen molar-refractivity contribution in [2.75, 3.05) is 26.2 Å². The van der Waals surface area contributed by atoms with Crippen LogP contribution in [0.15, 0.2) is 24.3 Å². The molecule has 0 saturated carbocycles. The molecule has 132 valence electrons. The quantitative estimate of drug-likeness (QED) is 0.793. The van der Waals surface area contributed by atoms with Crippen LogP contribution in [0.25, 0.3) is 0 Å². The SMILES string of the molecule is C[C@@H]1CN(C2(C(=O)NCCCN)Cc3ccccc3C2)C[C@H](C)O1. The van der Waals surface area contributed by atoms with Crippen LogP contribution in [0.4, 0.5) is 0 Å². The Balaban J connectivity index is 1.86. The standard InChI is InChI=1S/C19H29N3O2/c1-14-12-22(13-15(2)24-14)19(18(23)21-9-5-8-20)10-16-6-3-4-7-17(16)11-19/h3-4,6-7,14-15H,5,8-13,20H2,1-2H3,(H,21,23)/t14-,15+. The first-order chi connectivity index (χ1) is 11.5. The Kier molecular flexibility index (Phi) is 5.23. The summed E-state index contributed by atoms with van der Waals surface area (Å²) in [4.78, 5) is 15.5. The van der Waals surface area contributed by atoms with Gasteiger partial charge < -0.3 is 15.8 Å². The molecule has 0 aromatic heterocycles. The molecule has 1 amide bonds. The van der Waals surface area contributed by atoms with Gasteiger partial charge in [-0.05, 0) is 37.9 Å². The van der Waals surface area contributed by atoms with Crippen LogP contribution in [0, 0.1) is 0 Å². The van der Waals surface area contributed by atoms with Crippen LogP contribution >= 0.6 is 0 Å².